The number of benzene rings is 1. The molecule has 0 radical (unpaired) electrons. The zero-order valence-electron chi connectivity index (χ0n) is 15.3. The molecule has 0 unspecified atom stereocenters. The van der Waals surface area contributed by atoms with Gasteiger partial charge in [0.25, 0.3) is 0 Å². The number of Topliss-reactive ketones (excluding diaryl/α,β-unsaturated/α-hetero) is 1. The Morgan fingerprint density at radius 3 is 2.41 bits per heavy atom. The lowest BCUT2D eigenvalue weighted by Gasteiger charge is -2.15. The summed E-state index contributed by atoms with van der Waals surface area (Å²) in [5.74, 6) is 0.521. The van der Waals surface area contributed by atoms with Crippen LogP contribution in [0.2, 0.25) is 0 Å². The lowest BCUT2D eigenvalue weighted by molar-refractivity contribution is -0.122. The number of thiazole rings is 1. The Hall–Kier alpha value is -1.57. The summed E-state index contributed by atoms with van der Waals surface area (Å²) >= 11 is 1.50. The van der Waals surface area contributed by atoms with Crippen LogP contribution in [0.25, 0.3) is 11.3 Å². The Morgan fingerprint density at radius 2 is 1.74 bits per heavy atom. The third kappa shape index (κ3) is 4.00. The van der Waals surface area contributed by atoms with Gasteiger partial charge in [-0.1, -0.05) is 25.0 Å². The maximum Gasteiger partial charge on any atom is 0.243 e. The van der Waals surface area contributed by atoms with Crippen molar-refractivity contribution in [3.05, 3.63) is 34.7 Å². The third-order valence-corrected chi connectivity index (χ3v) is 8.30. The summed E-state index contributed by atoms with van der Waals surface area (Å²) in [6, 6.07) is 6.93. The van der Waals surface area contributed by atoms with Gasteiger partial charge in [-0.05, 0) is 37.8 Å². The molecule has 0 N–H and O–H groups in total. The van der Waals surface area contributed by atoms with Gasteiger partial charge in [0.05, 0.1) is 17.0 Å². The van der Waals surface area contributed by atoms with Gasteiger partial charge in [0.1, 0.15) is 10.8 Å². The van der Waals surface area contributed by atoms with Crippen molar-refractivity contribution < 1.29 is 13.2 Å². The molecule has 2 aromatic rings. The van der Waals surface area contributed by atoms with Crippen LogP contribution in [-0.4, -0.2) is 36.6 Å². The normalized spacial score (nSPS) is 19.0. The van der Waals surface area contributed by atoms with Gasteiger partial charge in [-0.25, -0.2) is 13.4 Å². The standard InChI is InChI=1S/C20H24N2O3S2/c23-19(16-5-1-2-6-16)13-20-21-18(14-26-20)15-7-9-17(10-8-15)27(24,25)22-11-3-4-12-22/h7-10,14,16H,1-6,11-13H2. The summed E-state index contributed by atoms with van der Waals surface area (Å²) in [6.45, 7) is 1.21. The van der Waals surface area contributed by atoms with Gasteiger partial charge in [0.2, 0.25) is 10.0 Å². The second-order valence-corrected chi connectivity index (χ2v) is 10.3. The van der Waals surface area contributed by atoms with Crippen LogP contribution >= 0.6 is 11.3 Å². The molecular weight excluding hydrogens is 380 g/mol. The van der Waals surface area contributed by atoms with E-state index in [0.29, 0.717) is 30.2 Å². The van der Waals surface area contributed by atoms with Gasteiger partial charge in [-0.2, -0.15) is 4.31 Å². The van der Waals surface area contributed by atoms with Crippen LogP contribution in [0, 0.1) is 5.92 Å². The highest BCUT2D eigenvalue weighted by molar-refractivity contribution is 7.89. The van der Waals surface area contributed by atoms with Gasteiger partial charge in [-0.3, -0.25) is 4.79 Å². The minimum Gasteiger partial charge on any atom is -0.299 e. The Balaban J connectivity index is 1.46. The molecule has 1 aliphatic heterocycles. The van der Waals surface area contributed by atoms with E-state index in [1.54, 1.807) is 28.6 Å². The highest BCUT2D eigenvalue weighted by atomic mass is 32.2. The number of nitrogens with zero attached hydrogens (tertiary/aromatic N) is 2. The molecule has 0 atom stereocenters. The number of aromatic nitrogens is 1. The molecular formula is C20H24N2O3S2. The summed E-state index contributed by atoms with van der Waals surface area (Å²) in [7, 11) is -3.39. The first-order valence-corrected chi connectivity index (χ1v) is 11.9. The Bertz CT molecular complexity index is 907. The lowest BCUT2D eigenvalue weighted by Crippen LogP contribution is -2.27. The summed E-state index contributed by atoms with van der Waals surface area (Å²) in [5.41, 5.74) is 1.69. The average Bonchev–Trinajstić information content (AvgIpc) is 3.43. The van der Waals surface area contributed by atoms with Crippen LogP contribution in [0.15, 0.2) is 34.5 Å². The van der Waals surface area contributed by atoms with Crippen LogP contribution in [0.5, 0.6) is 0 Å². The molecule has 2 fully saturated rings. The SMILES string of the molecule is O=C(Cc1nc(-c2ccc(S(=O)(=O)N3CCCC3)cc2)cs1)C1CCCC1. The zero-order valence-corrected chi connectivity index (χ0v) is 16.9. The molecule has 2 aliphatic rings. The zero-order chi connectivity index (χ0) is 18.9. The Labute approximate surface area is 164 Å². The van der Waals surface area contributed by atoms with Crippen LogP contribution in [0.3, 0.4) is 0 Å². The van der Waals surface area contributed by atoms with Crippen molar-refractivity contribution in [3.8, 4) is 11.3 Å². The number of hydrogen-bond acceptors (Lipinski definition) is 5. The molecule has 0 amide bonds. The predicted molar refractivity (Wildman–Crippen MR) is 106 cm³/mol. The van der Waals surface area contributed by atoms with E-state index in [-0.39, 0.29) is 5.92 Å². The van der Waals surface area contributed by atoms with E-state index in [9.17, 15) is 13.2 Å². The minimum absolute atomic E-state index is 0.215. The van der Waals surface area contributed by atoms with E-state index >= 15 is 0 Å². The molecule has 1 saturated heterocycles. The molecule has 1 aromatic heterocycles. The van der Waals surface area contributed by atoms with E-state index < -0.39 is 10.0 Å². The minimum atomic E-state index is -3.39. The maximum absolute atomic E-state index is 12.6. The largest absolute Gasteiger partial charge is 0.299 e. The fourth-order valence-corrected chi connectivity index (χ4v) is 6.27. The van der Waals surface area contributed by atoms with E-state index in [4.69, 9.17) is 0 Å². The van der Waals surface area contributed by atoms with Crippen molar-refractivity contribution in [1.29, 1.82) is 0 Å². The first-order valence-electron chi connectivity index (χ1n) is 9.62. The topological polar surface area (TPSA) is 67.3 Å². The molecule has 0 spiro atoms. The number of carbonyl (C=O) groups is 1. The molecule has 5 nitrogen and oxygen atoms in total. The third-order valence-electron chi connectivity index (χ3n) is 5.54. The van der Waals surface area contributed by atoms with Crippen LogP contribution in [0.1, 0.15) is 43.5 Å². The van der Waals surface area contributed by atoms with Crippen molar-refractivity contribution in [2.75, 3.05) is 13.1 Å². The molecule has 144 valence electrons. The molecule has 27 heavy (non-hydrogen) atoms. The van der Waals surface area contributed by atoms with Crippen LogP contribution < -0.4 is 0 Å². The fourth-order valence-electron chi connectivity index (χ4n) is 3.94. The monoisotopic (exact) mass is 404 g/mol. The Kier molecular flexibility index (Phi) is 5.43. The fraction of sp³-hybridized carbons (Fsp3) is 0.500. The summed E-state index contributed by atoms with van der Waals surface area (Å²) in [6.07, 6.45) is 6.63. The smallest absolute Gasteiger partial charge is 0.243 e. The van der Waals surface area contributed by atoms with E-state index in [0.717, 1.165) is 54.8 Å². The summed E-state index contributed by atoms with van der Waals surface area (Å²) in [4.78, 5) is 17.3. The molecule has 2 heterocycles. The summed E-state index contributed by atoms with van der Waals surface area (Å²) in [5, 5.41) is 2.79. The van der Waals surface area contributed by atoms with Crippen LogP contribution in [0.4, 0.5) is 0 Å². The van der Waals surface area contributed by atoms with Crippen molar-refractivity contribution in [1.82, 2.24) is 9.29 Å². The summed E-state index contributed by atoms with van der Waals surface area (Å²) < 4.78 is 26.8. The highest BCUT2D eigenvalue weighted by Gasteiger charge is 2.27. The second kappa shape index (κ2) is 7.81. The Morgan fingerprint density at radius 1 is 1.07 bits per heavy atom. The van der Waals surface area contributed by atoms with E-state index in [1.165, 1.54) is 11.3 Å². The van der Waals surface area contributed by atoms with E-state index in [1.807, 2.05) is 5.38 Å². The van der Waals surface area contributed by atoms with Crippen molar-refractivity contribution in [2.45, 2.75) is 49.8 Å². The number of ketones is 1. The van der Waals surface area contributed by atoms with Crippen molar-refractivity contribution in [2.24, 2.45) is 5.92 Å². The molecule has 7 heteroatoms. The number of rotatable bonds is 6. The van der Waals surface area contributed by atoms with Gasteiger partial charge in [0.15, 0.2) is 0 Å². The van der Waals surface area contributed by atoms with Gasteiger partial charge in [-0.15, -0.1) is 11.3 Å². The first kappa shape index (κ1) is 18.8. The number of hydrogen-bond donors (Lipinski definition) is 0. The van der Waals surface area contributed by atoms with Crippen molar-refractivity contribution in [3.63, 3.8) is 0 Å². The lowest BCUT2D eigenvalue weighted by atomic mass is 10.0. The molecule has 1 saturated carbocycles. The first-order chi connectivity index (χ1) is 13.0. The molecule has 4 rings (SSSR count). The molecule has 1 aliphatic carbocycles. The number of carbonyl (C=O) groups excluding carboxylic acids is 1. The quantitative estimate of drug-likeness (QED) is 0.732. The number of sulfonamides is 1. The van der Waals surface area contributed by atoms with Gasteiger partial charge < -0.3 is 0 Å². The second-order valence-electron chi connectivity index (χ2n) is 7.39. The average molecular weight is 405 g/mol. The van der Waals surface area contributed by atoms with Gasteiger partial charge >= 0.3 is 0 Å². The van der Waals surface area contributed by atoms with E-state index in [2.05, 4.69) is 4.98 Å². The van der Waals surface area contributed by atoms with Crippen LogP contribution in [-0.2, 0) is 21.2 Å². The molecule has 0 bridgehead atoms. The van der Waals surface area contributed by atoms with Gasteiger partial charge in [0, 0.05) is 30.0 Å². The van der Waals surface area contributed by atoms with Crippen molar-refractivity contribution >= 4 is 27.1 Å². The maximum atomic E-state index is 12.6. The molecule has 1 aromatic carbocycles. The predicted octanol–water partition coefficient (Wildman–Crippen LogP) is 3.90. The highest BCUT2D eigenvalue weighted by Crippen LogP contribution is 2.29.